The van der Waals surface area contributed by atoms with Gasteiger partial charge in [0.15, 0.2) is 11.9 Å². The van der Waals surface area contributed by atoms with E-state index in [1.54, 1.807) is 65.1 Å². The number of nitrogens with one attached hydrogen (secondary N) is 22. The number of aliphatic carboxylic acids is 2. The van der Waals surface area contributed by atoms with Gasteiger partial charge in [0.2, 0.25) is 106 Å². The Labute approximate surface area is 751 Å². The van der Waals surface area contributed by atoms with Gasteiger partial charge in [-0.1, -0.05) is 65.7 Å². The van der Waals surface area contributed by atoms with E-state index in [0.717, 1.165) is 6.92 Å². The number of carboxylic acid groups (broad SMARTS) is 2. The second-order valence-corrected chi connectivity index (χ2v) is 30.7. The van der Waals surface area contributed by atoms with Crippen molar-refractivity contribution in [2.75, 3.05) is 92.5 Å². The molecule has 0 aliphatic carbocycles. The molecule has 0 saturated heterocycles. The van der Waals surface area contributed by atoms with Gasteiger partial charge in [0.1, 0.15) is 86.2 Å². The number of carboxylic acids is 2. The zero-order valence-corrected chi connectivity index (χ0v) is 74.7. The lowest BCUT2D eigenvalue weighted by atomic mass is 9.98. The number of nitrogens with two attached hydrogens (primary N) is 3. The lowest BCUT2D eigenvalue weighted by Crippen LogP contribution is -2.61. The van der Waals surface area contributed by atoms with Crippen molar-refractivity contribution in [2.24, 2.45) is 29.0 Å². The van der Waals surface area contributed by atoms with Crippen LogP contribution >= 0.6 is 0 Å². The lowest BCUT2D eigenvalue weighted by molar-refractivity contribution is -0.139. The summed E-state index contributed by atoms with van der Waals surface area (Å²) in [6.07, 6.45) is 0.206. The summed E-state index contributed by atoms with van der Waals surface area (Å²) >= 11 is 0. The molecule has 1 aromatic carbocycles. The summed E-state index contributed by atoms with van der Waals surface area (Å²) in [6, 6.07) is -8.88. The standard InChI is InChI=1S/C80H131N25O25/c1-10-18-51(75(124)105-66(43(3)4)77(126)102-53(23-17-30-89-80(84)85)71(120)92-38-60(109)98-52(22-16-29-88-79(82)83)70(119)94-40-65(115)116)100-76(125)57(35-48-36-90-50-20-13-12-19-49(48)50)103-69(118)46(7)96-78(127)67(44(5)11-2)104-61(110)39-93-73(122)56(25-27-64(113)114)101-74(123)54(21-14-15-28-86-63(112)42-130-34-33-129-32-31-87-62(111)41-128-9)99-68(117)45(6)95-59(108)37-91-72(121)55(97-47(8)106)24-26-58(81)107/h12-13,19-20,36,43-46,51-57,66-67,90H,10-11,14-18,21-35,37-42H2,1-9H3,(H2,81,107)(H,86,112)(H,87,111)(H,91,121)(H,92,120)(H,93,122)(H,94,119)(H,95,108)(H,96,127)(H,97,106)(H,98,109)(H,99,117)(H,100,125)(H,101,123)(H,102,126)(H,103,118)(H,104,110)(H,105,124)(H,113,114)(H,115,116)(H4,82,83,88)(H4,84,85,89)/t44-,45-,46-,51-,52-,53-,54-,55-,56-,57-,66?,67-/m0/s1. The van der Waals surface area contributed by atoms with Crippen LogP contribution in [0.5, 0.6) is 0 Å². The first kappa shape index (κ1) is 113. The summed E-state index contributed by atoms with van der Waals surface area (Å²) in [7, 11) is 1.37. The molecule has 0 aliphatic heterocycles. The molecule has 12 atom stereocenters. The summed E-state index contributed by atoms with van der Waals surface area (Å²) in [5, 5.41) is 81.7. The molecular formula is C80H131N25O25. The van der Waals surface area contributed by atoms with Crippen molar-refractivity contribution in [3.05, 3.63) is 36.0 Å². The highest BCUT2D eigenvalue weighted by Gasteiger charge is 2.37. The van der Waals surface area contributed by atoms with Gasteiger partial charge in [-0.25, -0.2) is 0 Å². The molecule has 0 spiro atoms. The fourth-order valence-electron chi connectivity index (χ4n) is 12.3. The van der Waals surface area contributed by atoms with E-state index in [9.17, 15) is 101 Å². The molecule has 50 nitrogen and oxygen atoms in total. The number of carbonyl (C=O) groups excluding carboxylic acids is 18. The molecule has 50 heteroatoms. The van der Waals surface area contributed by atoms with Crippen molar-refractivity contribution in [1.82, 2.24) is 106 Å². The van der Waals surface area contributed by atoms with Crippen molar-refractivity contribution in [3.8, 4) is 0 Å². The Bertz CT molecular complexity index is 4170. The number of unbranched alkanes of at least 4 members (excludes halogenated alkanes) is 1. The molecule has 1 aromatic heterocycles. The number of ether oxygens (including phenoxy) is 3. The molecule has 1 unspecified atom stereocenters. The van der Waals surface area contributed by atoms with Crippen molar-refractivity contribution in [2.45, 2.75) is 218 Å². The first-order valence-corrected chi connectivity index (χ1v) is 42.5. The number of hydrogen-bond acceptors (Lipinski definition) is 25. The Kier molecular flexibility index (Phi) is 53.6. The number of hydrogen-bond donors (Lipinski definition) is 27. The number of H-pyrrole nitrogens is 1. The Morgan fingerprint density at radius 1 is 0.408 bits per heavy atom. The van der Waals surface area contributed by atoms with Crippen LogP contribution in [0.25, 0.3) is 10.9 Å². The van der Waals surface area contributed by atoms with Gasteiger partial charge in [-0.05, 0) is 102 Å². The average Bonchev–Trinajstić information content (AvgIpc) is 1.63. The summed E-state index contributed by atoms with van der Waals surface area (Å²) < 4.78 is 15.4. The number of aromatic nitrogens is 1. The summed E-state index contributed by atoms with van der Waals surface area (Å²) in [5.41, 5.74) is 17.2. The Morgan fingerprint density at radius 2 is 0.854 bits per heavy atom. The SMILES string of the molecule is CCC[C@H](NC(=O)[C@H](Cc1c[nH]c2ccccc12)NC(=O)[C@H](C)NC(=O)[C@@H](NC(=O)CNC(=O)[C@H](CCC(=O)O)NC(=O)[C@H](CCCCNC(=O)COCCOCCNC(=O)COC)NC(=O)[C@H](C)NC(=O)CNC(=O)[C@H](CCC(N)=O)NC(C)=O)[C@@H](C)CC)C(=O)NC(C(=O)N[C@@H](CCCNC(=N)N)C(=O)NCC(=O)N[C@@H](CCCNC(=N)N)C(=O)NCC(=O)O)C(C)C. The van der Waals surface area contributed by atoms with Crippen molar-refractivity contribution in [3.63, 3.8) is 0 Å². The lowest BCUT2D eigenvalue weighted by Gasteiger charge is -2.28. The molecule has 1 heterocycles. The van der Waals surface area contributed by atoms with Crippen molar-refractivity contribution in [1.29, 1.82) is 10.8 Å². The fraction of sp³-hybridized carbons (Fsp3) is 0.625. The smallest absolute Gasteiger partial charge is 0.322 e. The molecular weight excluding hydrogens is 1710 g/mol. The molecule has 0 aliphatic rings. The van der Waals surface area contributed by atoms with Crippen LogP contribution in [0, 0.1) is 22.7 Å². The minimum Gasteiger partial charge on any atom is -0.481 e. The van der Waals surface area contributed by atoms with Gasteiger partial charge in [-0.2, -0.15) is 0 Å². The van der Waals surface area contributed by atoms with Crippen LogP contribution in [-0.2, 0) is 117 Å². The van der Waals surface area contributed by atoms with E-state index in [2.05, 4.69) is 106 Å². The summed E-state index contributed by atoms with van der Waals surface area (Å²) in [6.45, 7) is 8.80. The predicted octanol–water partition coefficient (Wildman–Crippen LogP) is -8.11. The highest BCUT2D eigenvalue weighted by atomic mass is 16.5. The highest BCUT2D eigenvalue weighted by molar-refractivity contribution is 6.00. The number of aromatic amines is 1. The molecule has 30 N–H and O–H groups in total. The average molecular weight is 1840 g/mol. The first-order chi connectivity index (χ1) is 61.5. The maximum absolute atomic E-state index is 14.8. The van der Waals surface area contributed by atoms with Gasteiger partial charge in [-0.3, -0.25) is 107 Å². The van der Waals surface area contributed by atoms with E-state index in [1.807, 2.05) is 0 Å². The third-order valence-electron chi connectivity index (χ3n) is 19.4. The molecule has 130 heavy (non-hydrogen) atoms. The van der Waals surface area contributed by atoms with Crippen LogP contribution in [0.15, 0.2) is 30.5 Å². The molecule has 18 amide bonds. The van der Waals surface area contributed by atoms with Crippen molar-refractivity contribution >= 4 is 141 Å². The second-order valence-electron chi connectivity index (χ2n) is 30.7. The second kappa shape index (κ2) is 61.9. The minimum absolute atomic E-state index is 0.0279. The van der Waals surface area contributed by atoms with Crippen LogP contribution in [0.1, 0.15) is 151 Å². The summed E-state index contributed by atoms with van der Waals surface area (Å²) in [4.78, 5) is 268. The van der Waals surface area contributed by atoms with Crippen LogP contribution in [-0.4, -0.2) is 304 Å². The van der Waals surface area contributed by atoms with Gasteiger partial charge >= 0.3 is 11.9 Å². The number of methoxy groups -OCH3 is 1. The molecule has 0 radical (unpaired) electrons. The number of primary amides is 1. The minimum atomic E-state index is -1.73. The van der Waals surface area contributed by atoms with Gasteiger partial charge in [0.05, 0.1) is 39.5 Å². The van der Waals surface area contributed by atoms with Crippen LogP contribution in [0.2, 0.25) is 0 Å². The van der Waals surface area contributed by atoms with E-state index < -0.39 is 236 Å². The Balaban J connectivity index is 2.40. The number of benzene rings is 1. The Hall–Kier alpha value is -13.4. The quantitative estimate of drug-likeness (QED) is 0.0166. The third-order valence-corrected chi connectivity index (χ3v) is 19.4. The number of carbonyl (C=O) groups is 20. The molecule has 0 bridgehead atoms. The molecule has 2 rings (SSSR count). The molecule has 0 fully saturated rings. The fourth-order valence-corrected chi connectivity index (χ4v) is 12.3. The van der Waals surface area contributed by atoms with Crippen LogP contribution in [0.4, 0.5) is 0 Å². The maximum Gasteiger partial charge on any atom is 0.322 e. The zero-order chi connectivity index (χ0) is 97.5. The number of guanidine groups is 2. The molecule has 0 saturated carbocycles. The zero-order valence-electron chi connectivity index (χ0n) is 74.7. The number of fused-ring (bicyclic) bond motifs is 1. The topological polar surface area (TPSA) is 780 Å². The van der Waals surface area contributed by atoms with Gasteiger partial charge < -0.3 is 148 Å². The normalized spacial score (nSPS) is 13.7. The molecule has 2 aromatic rings. The van der Waals surface area contributed by atoms with E-state index in [0.29, 0.717) is 16.5 Å². The third kappa shape index (κ3) is 46.9. The van der Waals surface area contributed by atoms with Gasteiger partial charge in [0, 0.05) is 76.6 Å². The van der Waals surface area contributed by atoms with Gasteiger partial charge in [-0.15, -0.1) is 0 Å². The van der Waals surface area contributed by atoms with Crippen LogP contribution in [0.3, 0.4) is 0 Å². The number of para-hydroxylation sites is 1. The largest absolute Gasteiger partial charge is 0.481 e. The first-order valence-electron chi connectivity index (χ1n) is 42.5. The highest BCUT2D eigenvalue weighted by Crippen LogP contribution is 2.20. The maximum atomic E-state index is 14.8. The van der Waals surface area contributed by atoms with Crippen LogP contribution < -0.4 is 118 Å². The number of amides is 18. The monoisotopic (exact) mass is 1840 g/mol. The van der Waals surface area contributed by atoms with E-state index in [1.165, 1.54) is 21.0 Å². The van der Waals surface area contributed by atoms with E-state index >= 15 is 0 Å². The Morgan fingerprint density at radius 3 is 1.40 bits per heavy atom. The molecule has 726 valence electrons. The van der Waals surface area contributed by atoms with Gasteiger partial charge in [0.25, 0.3) is 0 Å². The predicted molar refractivity (Wildman–Crippen MR) is 466 cm³/mol. The summed E-state index contributed by atoms with van der Waals surface area (Å²) in [5.74, 6) is -20.3. The van der Waals surface area contributed by atoms with Crippen molar-refractivity contribution < 1.29 is 120 Å². The number of rotatable bonds is 66. The van der Waals surface area contributed by atoms with E-state index in [-0.39, 0.29) is 155 Å². The van der Waals surface area contributed by atoms with E-state index in [4.69, 9.17) is 47.3 Å².